The molecule has 1 atom stereocenters. The normalized spacial score (nSPS) is 25.0. The lowest BCUT2D eigenvalue weighted by Gasteiger charge is -1.98. The summed E-state index contributed by atoms with van der Waals surface area (Å²) in [7, 11) is 0. The fourth-order valence-corrected chi connectivity index (χ4v) is 2.11. The van der Waals surface area contributed by atoms with Crippen LogP contribution in [-0.2, 0) is 11.2 Å². The third-order valence-corrected chi connectivity index (χ3v) is 3.01. The predicted molar refractivity (Wildman–Crippen MR) is 47.0 cm³/mol. The molecule has 1 N–H and O–H groups in total. The molecule has 5 nitrogen and oxygen atoms in total. The number of fused-ring (bicyclic) bond motifs is 1. The Morgan fingerprint density at radius 2 is 2.21 bits per heavy atom. The number of hydrogen-bond acceptors (Lipinski definition) is 3. The Bertz CT molecular complexity index is 395. The van der Waals surface area contributed by atoms with Crippen LogP contribution in [0.15, 0.2) is 0 Å². The van der Waals surface area contributed by atoms with Crippen molar-refractivity contribution < 1.29 is 9.90 Å². The van der Waals surface area contributed by atoms with Crippen LogP contribution in [0.4, 0.5) is 0 Å². The summed E-state index contributed by atoms with van der Waals surface area (Å²) in [5.41, 5.74) is 1.75. The van der Waals surface area contributed by atoms with E-state index in [9.17, 15) is 4.79 Å². The largest absolute Gasteiger partial charge is 0.481 e. The first-order chi connectivity index (χ1) is 6.77. The second-order valence-corrected chi connectivity index (χ2v) is 4.03. The fourth-order valence-electron chi connectivity index (χ4n) is 2.11. The first-order valence-corrected chi connectivity index (χ1v) is 4.94. The molecule has 74 valence electrons. The molecule has 1 heterocycles. The summed E-state index contributed by atoms with van der Waals surface area (Å²) in [6.07, 6.45) is 3.82. The molecule has 0 aromatic carbocycles. The Morgan fingerprint density at radius 1 is 1.43 bits per heavy atom. The van der Waals surface area contributed by atoms with E-state index in [0.29, 0.717) is 18.2 Å². The first kappa shape index (κ1) is 7.96. The van der Waals surface area contributed by atoms with Crippen LogP contribution in [0.25, 0.3) is 0 Å². The molecule has 2 aliphatic rings. The van der Waals surface area contributed by atoms with E-state index in [1.165, 1.54) is 0 Å². The van der Waals surface area contributed by atoms with E-state index in [4.69, 9.17) is 5.11 Å². The highest BCUT2D eigenvalue weighted by atomic mass is 16.4. The van der Waals surface area contributed by atoms with Gasteiger partial charge >= 0.3 is 5.97 Å². The molecule has 5 heteroatoms. The zero-order valence-corrected chi connectivity index (χ0v) is 7.68. The zero-order valence-electron chi connectivity index (χ0n) is 7.68. The van der Waals surface area contributed by atoms with Gasteiger partial charge in [-0.2, -0.15) is 0 Å². The van der Waals surface area contributed by atoms with E-state index < -0.39 is 11.9 Å². The van der Waals surface area contributed by atoms with Gasteiger partial charge < -0.3 is 5.11 Å². The van der Waals surface area contributed by atoms with Gasteiger partial charge in [0.05, 0.1) is 11.7 Å². The molecule has 0 spiro atoms. The van der Waals surface area contributed by atoms with Gasteiger partial charge in [-0.15, -0.1) is 5.10 Å². The summed E-state index contributed by atoms with van der Waals surface area (Å²) in [4.78, 5) is 10.9. The molecule has 0 radical (unpaired) electrons. The number of carboxylic acids is 1. The maximum absolute atomic E-state index is 10.9. The van der Waals surface area contributed by atoms with Crippen LogP contribution in [0.5, 0.6) is 0 Å². The summed E-state index contributed by atoms with van der Waals surface area (Å²) in [6.45, 7) is 0. The summed E-state index contributed by atoms with van der Waals surface area (Å²) < 4.78 is 1.93. The minimum atomic E-state index is -0.772. The van der Waals surface area contributed by atoms with Gasteiger partial charge in [0.2, 0.25) is 0 Å². The molecule has 0 saturated heterocycles. The number of carbonyl (C=O) groups is 1. The highest BCUT2D eigenvalue weighted by Gasteiger charge is 2.37. The monoisotopic (exact) mass is 193 g/mol. The Labute approximate surface area is 80.7 Å². The maximum atomic E-state index is 10.9. The molecular weight excluding hydrogens is 182 g/mol. The third kappa shape index (κ3) is 0.981. The zero-order chi connectivity index (χ0) is 9.71. The van der Waals surface area contributed by atoms with Gasteiger partial charge in [-0.05, 0) is 25.7 Å². The number of carboxylic acid groups (broad SMARTS) is 1. The Balaban J connectivity index is 2.00. The van der Waals surface area contributed by atoms with Crippen molar-refractivity contribution in [3.05, 3.63) is 11.4 Å². The summed E-state index contributed by atoms with van der Waals surface area (Å²) in [5, 5.41) is 17.0. The second kappa shape index (κ2) is 2.56. The summed E-state index contributed by atoms with van der Waals surface area (Å²) in [6, 6.07) is 0.499. The highest BCUT2D eigenvalue weighted by molar-refractivity contribution is 5.76. The predicted octanol–water partition coefficient (Wildman–Crippen LogP) is 0.727. The van der Waals surface area contributed by atoms with E-state index in [1.54, 1.807) is 0 Å². The number of hydrogen-bond donors (Lipinski definition) is 1. The van der Waals surface area contributed by atoms with Crippen molar-refractivity contribution in [3.8, 4) is 0 Å². The lowest BCUT2D eigenvalue weighted by atomic mass is 10.1. The van der Waals surface area contributed by atoms with E-state index in [2.05, 4.69) is 10.3 Å². The Kier molecular flexibility index (Phi) is 1.45. The highest BCUT2D eigenvalue weighted by Crippen LogP contribution is 2.39. The number of aliphatic carboxylic acids is 1. The number of aromatic nitrogens is 3. The molecular formula is C9H11N3O2. The van der Waals surface area contributed by atoms with E-state index >= 15 is 0 Å². The van der Waals surface area contributed by atoms with Gasteiger partial charge in [0, 0.05) is 0 Å². The van der Waals surface area contributed by atoms with Gasteiger partial charge in [-0.3, -0.25) is 4.79 Å². The lowest BCUT2D eigenvalue weighted by molar-refractivity contribution is -0.138. The first-order valence-electron chi connectivity index (χ1n) is 4.94. The molecule has 1 aromatic heterocycles. The van der Waals surface area contributed by atoms with Crippen LogP contribution < -0.4 is 0 Å². The maximum Gasteiger partial charge on any atom is 0.312 e. The second-order valence-electron chi connectivity index (χ2n) is 4.03. The molecule has 3 rings (SSSR count). The van der Waals surface area contributed by atoms with Crippen molar-refractivity contribution in [1.29, 1.82) is 0 Å². The fraction of sp³-hybridized carbons (Fsp3) is 0.667. The smallest absolute Gasteiger partial charge is 0.312 e. The van der Waals surface area contributed by atoms with E-state index in [1.807, 2.05) is 4.68 Å². The lowest BCUT2D eigenvalue weighted by Crippen LogP contribution is -2.08. The molecule has 2 aliphatic carbocycles. The van der Waals surface area contributed by atoms with Crippen molar-refractivity contribution in [1.82, 2.24) is 15.0 Å². The number of nitrogens with zero attached hydrogens (tertiary/aromatic N) is 3. The standard InChI is InChI=1S/C9H11N3O2/c13-9(14)6-3-4-7-8(6)10-11-12(7)5-1-2-5/h5-6H,1-4H2,(H,13,14). The van der Waals surface area contributed by atoms with E-state index in [-0.39, 0.29) is 0 Å². The SMILES string of the molecule is O=C(O)C1CCc2c1nnn2C1CC1. The topological polar surface area (TPSA) is 68.0 Å². The Morgan fingerprint density at radius 3 is 2.86 bits per heavy atom. The minimum Gasteiger partial charge on any atom is -0.481 e. The molecule has 1 aromatic rings. The number of rotatable bonds is 2. The van der Waals surface area contributed by atoms with Crippen LogP contribution in [-0.4, -0.2) is 26.1 Å². The van der Waals surface area contributed by atoms with Crippen LogP contribution in [0.1, 0.15) is 42.6 Å². The molecule has 0 amide bonds. The third-order valence-electron chi connectivity index (χ3n) is 3.01. The van der Waals surface area contributed by atoms with Crippen LogP contribution in [0.3, 0.4) is 0 Å². The van der Waals surface area contributed by atoms with Crippen molar-refractivity contribution in [3.63, 3.8) is 0 Å². The van der Waals surface area contributed by atoms with Crippen LogP contribution in [0.2, 0.25) is 0 Å². The molecule has 1 saturated carbocycles. The van der Waals surface area contributed by atoms with Crippen molar-refractivity contribution >= 4 is 5.97 Å². The average Bonchev–Trinajstić information content (AvgIpc) is 2.77. The van der Waals surface area contributed by atoms with Crippen molar-refractivity contribution in [2.75, 3.05) is 0 Å². The quantitative estimate of drug-likeness (QED) is 0.751. The van der Waals surface area contributed by atoms with Crippen molar-refractivity contribution in [2.24, 2.45) is 0 Å². The van der Waals surface area contributed by atoms with E-state index in [0.717, 1.165) is 25.0 Å². The average molecular weight is 193 g/mol. The molecule has 1 unspecified atom stereocenters. The molecule has 14 heavy (non-hydrogen) atoms. The Hall–Kier alpha value is -1.39. The summed E-state index contributed by atoms with van der Waals surface area (Å²) >= 11 is 0. The van der Waals surface area contributed by atoms with Gasteiger partial charge in [-0.25, -0.2) is 4.68 Å². The van der Waals surface area contributed by atoms with Gasteiger partial charge in [0.25, 0.3) is 0 Å². The molecule has 0 aliphatic heterocycles. The van der Waals surface area contributed by atoms with Crippen molar-refractivity contribution in [2.45, 2.75) is 37.6 Å². The molecule has 1 fully saturated rings. The van der Waals surface area contributed by atoms with Gasteiger partial charge in [0.15, 0.2) is 0 Å². The summed E-state index contributed by atoms with van der Waals surface area (Å²) in [5.74, 6) is -1.19. The van der Waals surface area contributed by atoms with Gasteiger partial charge in [-0.1, -0.05) is 5.21 Å². The van der Waals surface area contributed by atoms with Crippen LogP contribution in [0, 0.1) is 0 Å². The van der Waals surface area contributed by atoms with Gasteiger partial charge in [0.1, 0.15) is 11.6 Å². The molecule has 0 bridgehead atoms. The minimum absolute atomic E-state index is 0.419. The van der Waals surface area contributed by atoms with Crippen LogP contribution >= 0.6 is 0 Å².